The third-order valence-corrected chi connectivity index (χ3v) is 3.02. The van der Waals surface area contributed by atoms with E-state index in [2.05, 4.69) is 40.4 Å². The first-order valence-electron chi connectivity index (χ1n) is 6.26. The van der Waals surface area contributed by atoms with Crippen LogP contribution in [0.5, 0.6) is 0 Å². The Morgan fingerprint density at radius 3 is 2.39 bits per heavy atom. The van der Waals surface area contributed by atoms with E-state index in [-0.39, 0.29) is 11.9 Å². The van der Waals surface area contributed by atoms with Crippen molar-refractivity contribution in [2.24, 2.45) is 5.92 Å². The fourth-order valence-electron chi connectivity index (χ4n) is 1.53. The lowest BCUT2D eigenvalue weighted by Gasteiger charge is -2.15. The summed E-state index contributed by atoms with van der Waals surface area (Å²) >= 11 is 3.36. The Balaban J connectivity index is 2.34. The lowest BCUT2D eigenvalue weighted by Crippen LogP contribution is -2.33. The molecule has 2 N–H and O–H groups in total. The Labute approximate surface area is 117 Å². The van der Waals surface area contributed by atoms with Crippen LogP contribution in [0.2, 0.25) is 0 Å². The van der Waals surface area contributed by atoms with Gasteiger partial charge in [0.1, 0.15) is 0 Å². The van der Waals surface area contributed by atoms with Gasteiger partial charge < -0.3 is 10.6 Å². The molecule has 0 aliphatic heterocycles. The largest absolute Gasteiger partial charge is 0.326 e. The summed E-state index contributed by atoms with van der Waals surface area (Å²) in [5, 5.41) is 6.23. The van der Waals surface area contributed by atoms with Crippen LogP contribution in [-0.2, 0) is 4.79 Å². The molecular formula is C14H21BrN2O. The van der Waals surface area contributed by atoms with E-state index in [4.69, 9.17) is 0 Å². The van der Waals surface area contributed by atoms with E-state index in [0.29, 0.717) is 12.3 Å². The molecule has 0 spiro atoms. The Bertz CT molecular complexity index is 376. The highest BCUT2D eigenvalue weighted by Gasteiger charge is 2.09. The number of nitrogens with one attached hydrogen (secondary N) is 2. The number of rotatable bonds is 6. The summed E-state index contributed by atoms with van der Waals surface area (Å²) in [6.45, 7) is 7.28. The number of amides is 1. The predicted octanol–water partition coefficient (Wildman–Crippen LogP) is 3.41. The third-order valence-electron chi connectivity index (χ3n) is 2.49. The summed E-state index contributed by atoms with van der Waals surface area (Å²) in [5.74, 6) is 0.642. The number of hydrogen-bond acceptors (Lipinski definition) is 2. The maximum absolute atomic E-state index is 11.8. The molecular weight excluding hydrogens is 292 g/mol. The van der Waals surface area contributed by atoms with Crippen LogP contribution in [0.15, 0.2) is 28.7 Å². The number of anilines is 1. The molecule has 0 aromatic heterocycles. The number of halogens is 1. The molecule has 0 aliphatic carbocycles. The molecule has 4 heteroatoms. The maximum Gasteiger partial charge on any atom is 0.225 e. The van der Waals surface area contributed by atoms with E-state index in [1.807, 2.05) is 31.2 Å². The van der Waals surface area contributed by atoms with Gasteiger partial charge in [-0.3, -0.25) is 4.79 Å². The van der Waals surface area contributed by atoms with Crippen LogP contribution in [0.4, 0.5) is 5.69 Å². The Kier molecular flexibility index (Phi) is 6.36. The zero-order valence-electron chi connectivity index (χ0n) is 11.2. The van der Waals surface area contributed by atoms with Gasteiger partial charge in [0, 0.05) is 22.6 Å². The van der Waals surface area contributed by atoms with E-state index < -0.39 is 0 Å². The smallest absolute Gasteiger partial charge is 0.225 e. The van der Waals surface area contributed by atoms with Crippen molar-refractivity contribution in [3.8, 4) is 0 Å². The second-order valence-corrected chi connectivity index (χ2v) is 5.88. The zero-order chi connectivity index (χ0) is 13.5. The van der Waals surface area contributed by atoms with E-state index in [1.54, 1.807) is 0 Å². The van der Waals surface area contributed by atoms with Crippen LogP contribution in [-0.4, -0.2) is 18.5 Å². The maximum atomic E-state index is 11.8. The molecule has 0 bridgehead atoms. The molecule has 18 heavy (non-hydrogen) atoms. The monoisotopic (exact) mass is 312 g/mol. The Morgan fingerprint density at radius 2 is 1.83 bits per heavy atom. The van der Waals surface area contributed by atoms with E-state index >= 15 is 0 Å². The summed E-state index contributed by atoms with van der Waals surface area (Å²) in [6, 6.07) is 7.79. The summed E-state index contributed by atoms with van der Waals surface area (Å²) in [5.41, 5.74) is 0.833. The van der Waals surface area contributed by atoms with Crippen LogP contribution in [0.1, 0.15) is 27.2 Å². The topological polar surface area (TPSA) is 41.1 Å². The van der Waals surface area contributed by atoms with Crippen molar-refractivity contribution < 1.29 is 4.79 Å². The summed E-state index contributed by atoms with van der Waals surface area (Å²) in [4.78, 5) is 11.8. The average molecular weight is 313 g/mol. The third kappa shape index (κ3) is 6.17. The quantitative estimate of drug-likeness (QED) is 0.845. The van der Waals surface area contributed by atoms with Crippen LogP contribution < -0.4 is 10.6 Å². The van der Waals surface area contributed by atoms with Gasteiger partial charge >= 0.3 is 0 Å². The molecule has 0 fully saturated rings. The van der Waals surface area contributed by atoms with E-state index in [1.165, 1.54) is 0 Å². The minimum Gasteiger partial charge on any atom is -0.326 e. The summed E-state index contributed by atoms with van der Waals surface area (Å²) in [6.07, 6.45) is 0.489. The van der Waals surface area contributed by atoms with E-state index in [0.717, 1.165) is 16.7 Å². The van der Waals surface area contributed by atoms with Gasteiger partial charge in [-0.1, -0.05) is 29.8 Å². The normalized spacial score (nSPS) is 12.5. The lowest BCUT2D eigenvalue weighted by atomic mass is 10.1. The average Bonchev–Trinajstić information content (AvgIpc) is 2.29. The van der Waals surface area contributed by atoms with Gasteiger partial charge in [-0.2, -0.15) is 0 Å². The molecule has 1 aromatic carbocycles. The van der Waals surface area contributed by atoms with Crippen molar-refractivity contribution in [2.45, 2.75) is 33.2 Å². The first kappa shape index (κ1) is 15.2. The van der Waals surface area contributed by atoms with Gasteiger partial charge in [0.2, 0.25) is 5.91 Å². The highest BCUT2D eigenvalue weighted by Crippen LogP contribution is 2.14. The molecule has 0 heterocycles. The minimum atomic E-state index is 0.0427. The van der Waals surface area contributed by atoms with Crippen molar-refractivity contribution in [3.05, 3.63) is 28.7 Å². The van der Waals surface area contributed by atoms with Crippen molar-refractivity contribution in [3.63, 3.8) is 0 Å². The van der Waals surface area contributed by atoms with Gasteiger partial charge in [-0.25, -0.2) is 0 Å². The molecule has 0 saturated carbocycles. The molecule has 0 radical (unpaired) electrons. The molecule has 1 amide bonds. The molecule has 1 rings (SSSR count). The van der Waals surface area contributed by atoms with Gasteiger partial charge in [-0.05, 0) is 43.7 Å². The van der Waals surface area contributed by atoms with Crippen molar-refractivity contribution in [1.82, 2.24) is 5.32 Å². The summed E-state index contributed by atoms with van der Waals surface area (Å²) < 4.78 is 1.01. The van der Waals surface area contributed by atoms with Crippen LogP contribution in [0.25, 0.3) is 0 Å². The molecule has 0 saturated heterocycles. The van der Waals surface area contributed by atoms with Gasteiger partial charge in [-0.15, -0.1) is 0 Å². The van der Waals surface area contributed by atoms with Crippen LogP contribution in [0, 0.1) is 5.92 Å². The standard InChI is InChI=1S/C14H21BrN2O/c1-10(2)9-16-11(3)8-14(18)17-13-6-4-12(15)5-7-13/h4-7,10-11,16H,8-9H2,1-3H3,(H,17,18). The fraction of sp³-hybridized carbons (Fsp3) is 0.500. The van der Waals surface area contributed by atoms with Gasteiger partial charge in [0.25, 0.3) is 0 Å². The lowest BCUT2D eigenvalue weighted by molar-refractivity contribution is -0.116. The Morgan fingerprint density at radius 1 is 1.22 bits per heavy atom. The predicted molar refractivity (Wildman–Crippen MR) is 79.7 cm³/mol. The first-order valence-corrected chi connectivity index (χ1v) is 7.05. The highest BCUT2D eigenvalue weighted by molar-refractivity contribution is 9.10. The summed E-state index contributed by atoms with van der Waals surface area (Å²) in [7, 11) is 0. The van der Waals surface area contributed by atoms with Crippen LogP contribution in [0.3, 0.4) is 0 Å². The minimum absolute atomic E-state index is 0.0427. The molecule has 1 atom stereocenters. The van der Waals surface area contributed by atoms with E-state index in [9.17, 15) is 4.79 Å². The first-order chi connectivity index (χ1) is 8.47. The molecule has 1 aromatic rings. The number of carbonyl (C=O) groups excluding carboxylic acids is 1. The SMILES string of the molecule is CC(C)CNC(C)CC(=O)Nc1ccc(Br)cc1. The van der Waals surface area contributed by atoms with Crippen molar-refractivity contribution in [2.75, 3.05) is 11.9 Å². The zero-order valence-corrected chi connectivity index (χ0v) is 12.8. The molecule has 1 unspecified atom stereocenters. The molecule has 0 aliphatic rings. The van der Waals surface area contributed by atoms with Crippen molar-refractivity contribution >= 4 is 27.5 Å². The number of benzene rings is 1. The second-order valence-electron chi connectivity index (χ2n) is 4.96. The number of hydrogen-bond donors (Lipinski definition) is 2. The van der Waals surface area contributed by atoms with Crippen molar-refractivity contribution in [1.29, 1.82) is 0 Å². The van der Waals surface area contributed by atoms with Gasteiger partial charge in [0.05, 0.1) is 0 Å². The highest BCUT2D eigenvalue weighted by atomic mass is 79.9. The fourth-order valence-corrected chi connectivity index (χ4v) is 1.80. The molecule has 100 valence electrons. The van der Waals surface area contributed by atoms with Gasteiger partial charge in [0.15, 0.2) is 0 Å². The number of carbonyl (C=O) groups is 1. The molecule has 3 nitrogen and oxygen atoms in total. The Hall–Kier alpha value is -0.870. The second kappa shape index (κ2) is 7.54. The van der Waals surface area contributed by atoms with Crippen LogP contribution >= 0.6 is 15.9 Å².